The molecule has 18 heavy (non-hydrogen) atoms. The third-order valence-electron chi connectivity index (χ3n) is 2.14. The number of aromatic nitrogens is 1. The summed E-state index contributed by atoms with van der Waals surface area (Å²) >= 11 is 11.5. The Morgan fingerprint density at radius 2 is 1.72 bits per heavy atom. The van der Waals surface area contributed by atoms with Gasteiger partial charge in [-0.3, -0.25) is 9.71 Å². The molecule has 1 aromatic carbocycles. The van der Waals surface area contributed by atoms with Gasteiger partial charge in [-0.25, -0.2) is 8.42 Å². The topological polar surface area (TPSA) is 59.1 Å². The van der Waals surface area contributed by atoms with E-state index >= 15 is 0 Å². The number of hydrogen-bond acceptors (Lipinski definition) is 3. The first-order chi connectivity index (χ1) is 8.49. The van der Waals surface area contributed by atoms with Crippen LogP contribution in [-0.4, -0.2) is 13.4 Å². The number of pyridine rings is 1. The van der Waals surface area contributed by atoms with Gasteiger partial charge in [0.2, 0.25) is 0 Å². The Morgan fingerprint density at radius 1 is 1.06 bits per heavy atom. The Bertz CT molecular complexity index is 657. The minimum atomic E-state index is -3.67. The van der Waals surface area contributed by atoms with E-state index < -0.39 is 10.0 Å². The zero-order chi connectivity index (χ0) is 13.2. The Kier molecular flexibility index (Phi) is 3.75. The van der Waals surface area contributed by atoms with Crippen molar-refractivity contribution in [3.63, 3.8) is 0 Å². The van der Waals surface area contributed by atoms with Crippen LogP contribution in [0.1, 0.15) is 0 Å². The predicted octanol–water partition coefficient (Wildman–Crippen LogP) is 3.19. The van der Waals surface area contributed by atoms with Crippen LogP contribution in [0.5, 0.6) is 0 Å². The number of nitrogens with zero attached hydrogens (tertiary/aromatic N) is 1. The van der Waals surface area contributed by atoms with Gasteiger partial charge in [-0.15, -0.1) is 0 Å². The molecule has 7 heteroatoms. The number of anilines is 1. The molecule has 0 fully saturated rings. The van der Waals surface area contributed by atoms with E-state index in [1.165, 1.54) is 42.7 Å². The summed E-state index contributed by atoms with van der Waals surface area (Å²) in [5, 5.41) is 0.700. The van der Waals surface area contributed by atoms with Crippen molar-refractivity contribution in [1.29, 1.82) is 0 Å². The highest BCUT2D eigenvalue weighted by molar-refractivity contribution is 7.92. The van der Waals surface area contributed by atoms with Crippen LogP contribution in [0, 0.1) is 0 Å². The fourth-order valence-corrected chi connectivity index (χ4v) is 2.70. The highest BCUT2D eigenvalue weighted by atomic mass is 35.5. The van der Waals surface area contributed by atoms with Gasteiger partial charge in [0, 0.05) is 17.4 Å². The molecule has 2 rings (SSSR count). The average molecular weight is 303 g/mol. The normalized spacial score (nSPS) is 11.2. The summed E-state index contributed by atoms with van der Waals surface area (Å²) in [6.07, 6.45) is 2.81. The molecule has 0 amide bonds. The van der Waals surface area contributed by atoms with E-state index in [1.54, 1.807) is 0 Å². The van der Waals surface area contributed by atoms with Crippen molar-refractivity contribution in [1.82, 2.24) is 4.98 Å². The molecule has 1 aromatic heterocycles. The van der Waals surface area contributed by atoms with E-state index in [1.807, 2.05) is 0 Å². The van der Waals surface area contributed by atoms with Crippen LogP contribution in [0.2, 0.25) is 10.0 Å². The van der Waals surface area contributed by atoms with Gasteiger partial charge in [0.05, 0.1) is 15.6 Å². The summed E-state index contributed by atoms with van der Waals surface area (Å²) in [5.41, 5.74) is 0.279. The van der Waals surface area contributed by atoms with E-state index in [0.29, 0.717) is 5.02 Å². The smallest absolute Gasteiger partial charge is 0.261 e. The quantitative estimate of drug-likeness (QED) is 0.947. The van der Waals surface area contributed by atoms with Gasteiger partial charge >= 0.3 is 0 Å². The van der Waals surface area contributed by atoms with Gasteiger partial charge in [-0.05, 0) is 30.3 Å². The number of nitrogens with one attached hydrogen (secondary N) is 1. The van der Waals surface area contributed by atoms with Gasteiger partial charge in [0.25, 0.3) is 10.0 Å². The molecule has 1 heterocycles. The first-order valence-electron chi connectivity index (χ1n) is 4.87. The van der Waals surface area contributed by atoms with Crippen molar-refractivity contribution in [2.45, 2.75) is 4.90 Å². The largest absolute Gasteiger partial charge is 0.278 e. The Labute approximate surface area is 115 Å². The standard InChI is InChI=1S/C11H8Cl2N2O2S/c12-8-1-3-9(4-2-8)18(16,17)15-11-5-6-14-7-10(11)13/h1-7H,(H,14,15). The summed E-state index contributed by atoms with van der Waals surface area (Å²) in [6.45, 7) is 0. The Morgan fingerprint density at radius 3 is 2.33 bits per heavy atom. The van der Waals surface area contributed by atoms with Crippen LogP contribution < -0.4 is 4.72 Å². The highest BCUT2D eigenvalue weighted by Gasteiger charge is 2.15. The molecule has 1 N–H and O–H groups in total. The van der Waals surface area contributed by atoms with Crippen LogP contribution in [-0.2, 0) is 10.0 Å². The molecular formula is C11H8Cl2N2O2S. The van der Waals surface area contributed by atoms with Gasteiger partial charge in [-0.1, -0.05) is 23.2 Å². The van der Waals surface area contributed by atoms with E-state index in [-0.39, 0.29) is 15.6 Å². The van der Waals surface area contributed by atoms with Crippen molar-refractivity contribution >= 4 is 38.9 Å². The summed E-state index contributed by atoms with van der Waals surface area (Å²) in [7, 11) is -3.67. The van der Waals surface area contributed by atoms with Crippen molar-refractivity contribution < 1.29 is 8.42 Å². The maximum absolute atomic E-state index is 12.0. The Hall–Kier alpha value is -1.30. The van der Waals surface area contributed by atoms with Crippen LogP contribution in [0.25, 0.3) is 0 Å². The zero-order valence-electron chi connectivity index (χ0n) is 8.97. The molecule has 2 aromatic rings. The number of rotatable bonds is 3. The van der Waals surface area contributed by atoms with E-state index in [9.17, 15) is 8.42 Å². The minimum absolute atomic E-state index is 0.111. The number of halogens is 2. The summed E-state index contributed by atoms with van der Waals surface area (Å²) < 4.78 is 26.4. The molecule has 0 aliphatic rings. The van der Waals surface area contributed by atoms with Gasteiger partial charge in [0.15, 0.2) is 0 Å². The lowest BCUT2D eigenvalue weighted by atomic mass is 10.4. The van der Waals surface area contributed by atoms with E-state index in [0.717, 1.165) is 0 Å². The van der Waals surface area contributed by atoms with E-state index in [4.69, 9.17) is 23.2 Å². The highest BCUT2D eigenvalue weighted by Crippen LogP contribution is 2.23. The SMILES string of the molecule is O=S(=O)(Nc1ccncc1Cl)c1ccc(Cl)cc1. The molecule has 0 atom stereocenters. The summed E-state index contributed by atoms with van der Waals surface area (Å²) in [4.78, 5) is 3.89. The maximum Gasteiger partial charge on any atom is 0.261 e. The van der Waals surface area contributed by atoms with Gasteiger partial charge in [-0.2, -0.15) is 0 Å². The third-order valence-corrected chi connectivity index (χ3v) is 4.08. The molecule has 0 saturated carbocycles. The van der Waals surface area contributed by atoms with Crippen molar-refractivity contribution in [2.24, 2.45) is 0 Å². The van der Waals surface area contributed by atoms with Crippen molar-refractivity contribution in [3.8, 4) is 0 Å². The molecule has 0 aliphatic heterocycles. The predicted molar refractivity (Wildman–Crippen MR) is 71.5 cm³/mol. The fourth-order valence-electron chi connectivity index (χ4n) is 1.28. The fraction of sp³-hybridized carbons (Fsp3) is 0. The van der Waals surface area contributed by atoms with E-state index in [2.05, 4.69) is 9.71 Å². The number of hydrogen-bond donors (Lipinski definition) is 1. The van der Waals surface area contributed by atoms with Crippen molar-refractivity contribution in [2.75, 3.05) is 4.72 Å². The lowest BCUT2D eigenvalue weighted by Crippen LogP contribution is -2.13. The lowest BCUT2D eigenvalue weighted by Gasteiger charge is -2.08. The lowest BCUT2D eigenvalue weighted by molar-refractivity contribution is 0.601. The molecule has 0 bridgehead atoms. The second kappa shape index (κ2) is 5.14. The zero-order valence-corrected chi connectivity index (χ0v) is 11.3. The monoisotopic (exact) mass is 302 g/mol. The first-order valence-corrected chi connectivity index (χ1v) is 7.11. The maximum atomic E-state index is 12.0. The summed E-state index contributed by atoms with van der Waals surface area (Å²) in [5.74, 6) is 0. The van der Waals surface area contributed by atoms with Crippen LogP contribution >= 0.6 is 23.2 Å². The average Bonchev–Trinajstić information content (AvgIpc) is 2.32. The second-order valence-electron chi connectivity index (χ2n) is 3.41. The molecule has 0 radical (unpaired) electrons. The van der Waals surface area contributed by atoms with Crippen LogP contribution in [0.3, 0.4) is 0 Å². The molecule has 0 saturated heterocycles. The van der Waals surface area contributed by atoms with Gasteiger partial charge < -0.3 is 0 Å². The molecular weight excluding hydrogens is 295 g/mol. The molecule has 4 nitrogen and oxygen atoms in total. The Balaban J connectivity index is 2.33. The minimum Gasteiger partial charge on any atom is -0.278 e. The number of benzene rings is 1. The molecule has 0 unspecified atom stereocenters. The first kappa shape index (κ1) is 13.1. The van der Waals surface area contributed by atoms with Crippen LogP contribution in [0.4, 0.5) is 5.69 Å². The molecule has 0 spiro atoms. The van der Waals surface area contributed by atoms with Crippen molar-refractivity contribution in [3.05, 3.63) is 52.8 Å². The second-order valence-corrected chi connectivity index (χ2v) is 5.94. The molecule has 0 aliphatic carbocycles. The number of sulfonamides is 1. The van der Waals surface area contributed by atoms with Gasteiger partial charge in [0.1, 0.15) is 0 Å². The summed E-state index contributed by atoms with van der Waals surface area (Å²) in [6, 6.07) is 7.32. The third kappa shape index (κ3) is 2.93. The van der Waals surface area contributed by atoms with Crippen LogP contribution in [0.15, 0.2) is 47.6 Å². The molecule has 94 valence electrons.